The Hall–Kier alpha value is -4.63. The summed E-state index contributed by atoms with van der Waals surface area (Å²) >= 11 is 0.940. The first kappa shape index (κ1) is 29.4. The van der Waals surface area contributed by atoms with E-state index >= 15 is 0 Å². The minimum Gasteiger partial charge on any atom is -0.506 e. The van der Waals surface area contributed by atoms with Crippen molar-refractivity contribution in [3.8, 4) is 11.5 Å². The van der Waals surface area contributed by atoms with Crippen LogP contribution in [0.4, 0.5) is 0 Å². The average molecular weight is 572 g/mol. The van der Waals surface area contributed by atoms with E-state index in [1.54, 1.807) is 73.7 Å². The van der Waals surface area contributed by atoms with Gasteiger partial charge in [0.25, 0.3) is 5.91 Å². The van der Waals surface area contributed by atoms with Crippen molar-refractivity contribution >= 4 is 40.5 Å². The van der Waals surface area contributed by atoms with E-state index in [4.69, 9.17) is 14.2 Å². The lowest BCUT2D eigenvalue weighted by molar-refractivity contribution is -0.138. The van der Waals surface area contributed by atoms with Gasteiger partial charge < -0.3 is 19.3 Å². The minimum absolute atomic E-state index is 0.00302. The summed E-state index contributed by atoms with van der Waals surface area (Å²) in [5.41, 5.74) is 2.32. The van der Waals surface area contributed by atoms with Gasteiger partial charge in [0.15, 0.2) is 5.78 Å². The zero-order valence-electron chi connectivity index (χ0n) is 23.1. The number of hydrogen-bond donors (Lipinski definition) is 1. The number of ketones is 1. The zero-order valence-corrected chi connectivity index (χ0v) is 23.9. The Morgan fingerprint density at radius 2 is 1.63 bits per heavy atom. The molecule has 8 nitrogen and oxygen atoms in total. The number of hydrogen-bond acceptors (Lipinski definition) is 8. The van der Waals surface area contributed by atoms with E-state index in [9.17, 15) is 19.5 Å². The zero-order chi connectivity index (χ0) is 29.5. The number of amides is 1. The highest BCUT2D eigenvalue weighted by Gasteiger charge is 2.34. The van der Waals surface area contributed by atoms with Crippen molar-refractivity contribution in [2.24, 2.45) is 4.99 Å². The number of thioether (sulfide) groups is 1. The molecule has 3 aromatic carbocycles. The number of aliphatic imine (C=N–C) groups is 1. The number of ether oxygens (including phenoxy) is 3. The van der Waals surface area contributed by atoms with Crippen LogP contribution < -0.4 is 9.47 Å². The Morgan fingerprint density at radius 3 is 2.27 bits per heavy atom. The van der Waals surface area contributed by atoms with Crippen LogP contribution >= 0.6 is 11.8 Å². The Bertz CT molecular complexity index is 1570. The fourth-order valence-corrected chi connectivity index (χ4v) is 5.05. The Labute approximate surface area is 242 Å². The maximum absolute atomic E-state index is 13.4. The van der Waals surface area contributed by atoms with Crippen LogP contribution in [0, 0.1) is 6.92 Å². The van der Waals surface area contributed by atoms with Crippen LogP contribution in [0.3, 0.4) is 0 Å². The van der Waals surface area contributed by atoms with Gasteiger partial charge in [0.2, 0.25) is 0 Å². The van der Waals surface area contributed by atoms with Crippen LogP contribution in [0.2, 0.25) is 0 Å². The van der Waals surface area contributed by atoms with Crippen LogP contribution in [0.25, 0.3) is 6.08 Å². The molecule has 3 aromatic rings. The van der Waals surface area contributed by atoms with Crippen LogP contribution in [-0.4, -0.2) is 48.1 Å². The highest BCUT2D eigenvalue weighted by atomic mass is 32.2. The molecule has 0 atom stereocenters. The molecule has 0 aromatic heterocycles. The predicted molar refractivity (Wildman–Crippen MR) is 159 cm³/mol. The third kappa shape index (κ3) is 6.58. The number of aliphatic hydroxyl groups is 1. The molecule has 0 unspecified atom stereocenters. The Morgan fingerprint density at radius 1 is 0.927 bits per heavy atom. The molecule has 1 heterocycles. The molecule has 0 radical (unpaired) electrons. The molecule has 0 saturated heterocycles. The van der Waals surface area contributed by atoms with Crippen molar-refractivity contribution in [2.75, 3.05) is 20.3 Å². The van der Waals surface area contributed by atoms with Gasteiger partial charge in [-0.3, -0.25) is 9.59 Å². The van der Waals surface area contributed by atoms with E-state index in [0.29, 0.717) is 40.4 Å². The smallest absolute Gasteiger partial charge is 0.344 e. The molecule has 1 aliphatic heterocycles. The number of rotatable bonds is 9. The van der Waals surface area contributed by atoms with E-state index in [2.05, 4.69) is 4.99 Å². The topological polar surface area (TPSA) is 111 Å². The maximum Gasteiger partial charge on any atom is 0.344 e. The molecule has 41 heavy (non-hydrogen) atoms. The second kappa shape index (κ2) is 13.1. The monoisotopic (exact) mass is 571 g/mol. The van der Waals surface area contributed by atoms with E-state index in [1.165, 1.54) is 7.11 Å². The van der Waals surface area contributed by atoms with Gasteiger partial charge in [-0.25, -0.2) is 9.79 Å². The third-order valence-corrected chi connectivity index (χ3v) is 7.09. The van der Waals surface area contributed by atoms with Gasteiger partial charge in [-0.1, -0.05) is 59.8 Å². The van der Waals surface area contributed by atoms with Gasteiger partial charge in [-0.2, -0.15) is 0 Å². The summed E-state index contributed by atoms with van der Waals surface area (Å²) in [6, 6.07) is 18.8. The Kier molecular flexibility index (Phi) is 9.41. The van der Waals surface area contributed by atoms with E-state index in [0.717, 1.165) is 17.3 Å². The summed E-state index contributed by atoms with van der Waals surface area (Å²) in [6.45, 7) is 5.75. The molecule has 0 fully saturated rings. The summed E-state index contributed by atoms with van der Waals surface area (Å²) in [4.78, 5) is 43.5. The summed E-state index contributed by atoms with van der Waals surface area (Å²) in [5.74, 6) is -1.31. The number of carbonyl (C=O) groups excluding carboxylic acids is 3. The molecule has 9 heteroatoms. The molecule has 4 rings (SSSR count). The number of nitrogens with zero attached hydrogens (tertiary/aromatic N) is 1. The first-order chi connectivity index (χ1) is 19.8. The minimum atomic E-state index is -0.810. The molecule has 1 amide bonds. The lowest BCUT2D eigenvalue weighted by Gasteiger charge is -2.14. The second-order valence-corrected chi connectivity index (χ2v) is 9.89. The van der Waals surface area contributed by atoms with E-state index < -0.39 is 17.6 Å². The quantitative estimate of drug-likeness (QED) is 0.234. The van der Waals surface area contributed by atoms with Crippen molar-refractivity contribution in [1.29, 1.82) is 0 Å². The maximum atomic E-state index is 13.4. The Balaban J connectivity index is 1.81. The van der Waals surface area contributed by atoms with Gasteiger partial charge in [-0.05, 0) is 45.0 Å². The SMILES string of the molecule is CCOC(=O)C1=C(O)/C(=C/c2cc(C(=O)c3ccccc3)c(OCC)cc2OC)SC1=NC(=O)c1ccc(C)cc1. The van der Waals surface area contributed by atoms with Gasteiger partial charge in [0.1, 0.15) is 27.9 Å². The van der Waals surface area contributed by atoms with Crippen molar-refractivity contribution in [3.05, 3.63) is 111 Å². The van der Waals surface area contributed by atoms with Crippen LogP contribution in [-0.2, 0) is 9.53 Å². The van der Waals surface area contributed by atoms with Gasteiger partial charge in [0, 0.05) is 22.8 Å². The number of esters is 1. The lowest BCUT2D eigenvalue weighted by atomic mass is 9.99. The summed E-state index contributed by atoms with van der Waals surface area (Å²) < 4.78 is 16.5. The third-order valence-electron chi connectivity index (χ3n) is 6.07. The van der Waals surface area contributed by atoms with E-state index in [1.807, 2.05) is 19.9 Å². The fourth-order valence-electron chi connectivity index (χ4n) is 4.05. The number of carbonyl (C=O) groups is 3. The number of aliphatic hydroxyl groups excluding tert-OH is 1. The van der Waals surface area contributed by atoms with Crippen LogP contribution in [0.1, 0.15) is 51.3 Å². The highest BCUT2D eigenvalue weighted by molar-refractivity contribution is 8.18. The molecule has 0 spiro atoms. The second-order valence-electron chi connectivity index (χ2n) is 8.86. The summed E-state index contributed by atoms with van der Waals surface area (Å²) in [7, 11) is 1.47. The summed E-state index contributed by atoms with van der Waals surface area (Å²) in [5, 5.41) is 11.1. The normalized spacial score (nSPS) is 14.8. The molecule has 1 N–H and O–H groups in total. The molecule has 210 valence electrons. The molecule has 0 bridgehead atoms. The van der Waals surface area contributed by atoms with Crippen LogP contribution in [0.5, 0.6) is 11.5 Å². The largest absolute Gasteiger partial charge is 0.506 e. The molecular formula is C32H29NO7S. The predicted octanol–water partition coefficient (Wildman–Crippen LogP) is 6.34. The van der Waals surface area contributed by atoms with Crippen molar-refractivity contribution < 1.29 is 33.7 Å². The fraction of sp³-hybridized carbons (Fsp3) is 0.188. The standard InChI is InChI=1S/C32H29NO7S/c1-5-39-25-18-24(38-4)22(16-23(25)28(34)20-10-8-7-9-11-20)17-26-29(35)27(32(37)40-6-2)31(41-26)33-30(36)21-14-12-19(3)13-15-21/h7-18,35H,5-6H2,1-4H3/b26-17-,33-31?. The van der Waals surface area contributed by atoms with Crippen molar-refractivity contribution in [3.63, 3.8) is 0 Å². The molecular weight excluding hydrogens is 542 g/mol. The highest BCUT2D eigenvalue weighted by Crippen LogP contribution is 2.41. The van der Waals surface area contributed by atoms with E-state index in [-0.39, 0.29) is 27.9 Å². The van der Waals surface area contributed by atoms with Gasteiger partial charge in [-0.15, -0.1) is 0 Å². The lowest BCUT2D eigenvalue weighted by Crippen LogP contribution is -2.14. The van der Waals surface area contributed by atoms with Crippen molar-refractivity contribution in [1.82, 2.24) is 0 Å². The van der Waals surface area contributed by atoms with Crippen LogP contribution in [0.15, 0.2) is 88.0 Å². The van der Waals surface area contributed by atoms with Crippen molar-refractivity contribution in [2.45, 2.75) is 20.8 Å². The van der Waals surface area contributed by atoms with Gasteiger partial charge in [0.05, 0.1) is 30.8 Å². The molecule has 0 saturated carbocycles. The molecule has 1 aliphatic rings. The number of methoxy groups -OCH3 is 1. The number of aryl methyl sites for hydroxylation is 1. The first-order valence-corrected chi connectivity index (χ1v) is 13.7. The number of benzene rings is 3. The van der Waals surface area contributed by atoms with Gasteiger partial charge >= 0.3 is 5.97 Å². The summed E-state index contributed by atoms with van der Waals surface area (Å²) in [6.07, 6.45) is 1.56. The first-order valence-electron chi connectivity index (χ1n) is 12.9. The average Bonchev–Trinajstić information content (AvgIpc) is 3.28. The molecule has 0 aliphatic carbocycles.